The maximum atomic E-state index is 13.0. The van der Waals surface area contributed by atoms with Crippen LogP contribution in [0.4, 0.5) is 10.3 Å². The van der Waals surface area contributed by atoms with Gasteiger partial charge in [0.2, 0.25) is 17.8 Å². The Morgan fingerprint density at radius 3 is 2.52 bits per heavy atom. The van der Waals surface area contributed by atoms with E-state index in [0.29, 0.717) is 12.5 Å². The van der Waals surface area contributed by atoms with E-state index in [1.165, 1.54) is 12.1 Å². The number of imidazole rings is 1. The van der Waals surface area contributed by atoms with Crippen molar-refractivity contribution >= 4 is 17.8 Å². The predicted octanol–water partition coefficient (Wildman–Crippen LogP) is 2.86. The molecule has 6 nitrogen and oxygen atoms in total. The Bertz CT molecular complexity index is 725. The van der Waals surface area contributed by atoms with Crippen LogP contribution in [0.3, 0.4) is 0 Å². The number of nitrogens with one attached hydrogen (secondary N) is 2. The summed E-state index contributed by atoms with van der Waals surface area (Å²) < 4.78 is 14.7. The third kappa shape index (κ3) is 5.41. The minimum absolute atomic E-state index is 0.0939. The molecule has 2 rings (SSSR count). The number of rotatable bonds is 8. The number of aromatic nitrogens is 2. The zero-order valence-corrected chi connectivity index (χ0v) is 14.5. The van der Waals surface area contributed by atoms with Gasteiger partial charge in [-0.15, -0.1) is 0 Å². The van der Waals surface area contributed by atoms with Gasteiger partial charge in [-0.25, -0.2) is 9.37 Å². The molecule has 0 unspecified atom stereocenters. The number of nitrogens with zero attached hydrogens (tertiary/aromatic N) is 2. The van der Waals surface area contributed by atoms with Crippen LogP contribution in [0.2, 0.25) is 0 Å². The molecule has 2 amide bonds. The van der Waals surface area contributed by atoms with E-state index in [-0.39, 0.29) is 30.5 Å². The summed E-state index contributed by atoms with van der Waals surface area (Å²) in [5.41, 5.74) is 1.56. The Hall–Kier alpha value is -2.70. The monoisotopic (exact) mass is 346 g/mol. The summed E-state index contributed by atoms with van der Waals surface area (Å²) in [7, 11) is 1.76. The standard InChI is InChI=1S/C18H23FN4O2/c1-3-4-11-20-16(24)9-10-17(25)22-18-21-12-15(23(18)2)13-5-7-14(19)8-6-13/h5-8,12H,3-4,9-11H2,1-2H3,(H,20,24)(H,21,22,25). The van der Waals surface area contributed by atoms with Gasteiger partial charge >= 0.3 is 0 Å². The first-order chi connectivity index (χ1) is 12.0. The summed E-state index contributed by atoms with van der Waals surface area (Å²) in [6, 6.07) is 6.05. The zero-order chi connectivity index (χ0) is 18.2. The molecular formula is C18H23FN4O2. The van der Waals surface area contributed by atoms with Crippen LogP contribution in [-0.4, -0.2) is 27.9 Å². The largest absolute Gasteiger partial charge is 0.356 e. The van der Waals surface area contributed by atoms with Crippen molar-refractivity contribution in [3.8, 4) is 11.3 Å². The summed E-state index contributed by atoms with van der Waals surface area (Å²) in [4.78, 5) is 27.8. The van der Waals surface area contributed by atoms with Gasteiger partial charge in [-0.3, -0.25) is 14.9 Å². The van der Waals surface area contributed by atoms with Crippen LogP contribution in [0.1, 0.15) is 32.6 Å². The fourth-order valence-electron chi connectivity index (χ4n) is 2.32. The number of benzene rings is 1. The molecule has 0 aliphatic rings. The van der Waals surface area contributed by atoms with E-state index in [1.807, 2.05) is 6.92 Å². The van der Waals surface area contributed by atoms with Gasteiger partial charge in [-0.1, -0.05) is 13.3 Å². The Balaban J connectivity index is 1.89. The Labute approximate surface area is 146 Å². The molecular weight excluding hydrogens is 323 g/mol. The first-order valence-corrected chi connectivity index (χ1v) is 8.35. The average Bonchev–Trinajstić information content (AvgIpc) is 2.95. The third-order valence-electron chi connectivity index (χ3n) is 3.81. The second-order valence-electron chi connectivity index (χ2n) is 5.78. The highest BCUT2D eigenvalue weighted by Gasteiger charge is 2.12. The summed E-state index contributed by atoms with van der Waals surface area (Å²) in [5, 5.41) is 5.47. The molecule has 0 bridgehead atoms. The lowest BCUT2D eigenvalue weighted by Crippen LogP contribution is -2.26. The second-order valence-corrected chi connectivity index (χ2v) is 5.78. The fourth-order valence-corrected chi connectivity index (χ4v) is 2.32. The van der Waals surface area contributed by atoms with Crippen molar-refractivity contribution in [1.29, 1.82) is 0 Å². The van der Waals surface area contributed by atoms with Gasteiger partial charge in [0.05, 0.1) is 11.9 Å². The maximum Gasteiger partial charge on any atom is 0.227 e. The molecule has 134 valence electrons. The lowest BCUT2D eigenvalue weighted by Gasteiger charge is -2.08. The summed E-state index contributed by atoms with van der Waals surface area (Å²) in [6.45, 7) is 2.68. The van der Waals surface area contributed by atoms with Crippen molar-refractivity contribution in [2.24, 2.45) is 7.05 Å². The van der Waals surface area contributed by atoms with E-state index in [2.05, 4.69) is 15.6 Å². The molecule has 2 aromatic rings. The predicted molar refractivity (Wildman–Crippen MR) is 94.4 cm³/mol. The summed E-state index contributed by atoms with van der Waals surface area (Å²) in [6.07, 6.45) is 3.79. The average molecular weight is 346 g/mol. The zero-order valence-electron chi connectivity index (χ0n) is 14.5. The molecule has 0 atom stereocenters. The van der Waals surface area contributed by atoms with E-state index in [9.17, 15) is 14.0 Å². The van der Waals surface area contributed by atoms with Crippen molar-refractivity contribution in [2.45, 2.75) is 32.6 Å². The van der Waals surface area contributed by atoms with E-state index < -0.39 is 0 Å². The molecule has 2 N–H and O–H groups in total. The number of halogens is 1. The van der Waals surface area contributed by atoms with Gasteiger partial charge in [0.25, 0.3) is 0 Å². The molecule has 25 heavy (non-hydrogen) atoms. The summed E-state index contributed by atoms with van der Waals surface area (Å²) in [5.74, 6) is -0.326. The van der Waals surface area contributed by atoms with Crippen LogP contribution in [0.25, 0.3) is 11.3 Å². The van der Waals surface area contributed by atoms with Gasteiger partial charge < -0.3 is 9.88 Å². The first-order valence-electron chi connectivity index (χ1n) is 8.35. The van der Waals surface area contributed by atoms with Crippen molar-refractivity contribution in [3.05, 3.63) is 36.3 Å². The number of hydrogen-bond donors (Lipinski definition) is 2. The molecule has 0 spiro atoms. The van der Waals surface area contributed by atoms with Gasteiger partial charge in [0.15, 0.2) is 0 Å². The van der Waals surface area contributed by atoms with Crippen LogP contribution >= 0.6 is 0 Å². The Kier molecular flexibility index (Phi) is 6.68. The lowest BCUT2D eigenvalue weighted by atomic mass is 10.2. The maximum absolute atomic E-state index is 13.0. The highest BCUT2D eigenvalue weighted by molar-refractivity contribution is 5.92. The second kappa shape index (κ2) is 8.96. The molecule has 1 aromatic carbocycles. The number of carbonyl (C=O) groups excluding carboxylic acids is 2. The molecule has 0 radical (unpaired) electrons. The molecule has 7 heteroatoms. The van der Waals surface area contributed by atoms with Gasteiger partial charge in [-0.2, -0.15) is 0 Å². The SMILES string of the molecule is CCCCNC(=O)CCC(=O)Nc1ncc(-c2ccc(F)cc2)n1C. The van der Waals surface area contributed by atoms with E-state index in [1.54, 1.807) is 29.9 Å². The van der Waals surface area contributed by atoms with Crippen molar-refractivity contribution in [3.63, 3.8) is 0 Å². The van der Waals surface area contributed by atoms with Crippen molar-refractivity contribution in [2.75, 3.05) is 11.9 Å². The van der Waals surface area contributed by atoms with E-state index in [0.717, 1.165) is 24.1 Å². The molecule has 1 aromatic heterocycles. The minimum Gasteiger partial charge on any atom is -0.356 e. The highest BCUT2D eigenvalue weighted by atomic mass is 19.1. The Morgan fingerprint density at radius 2 is 1.84 bits per heavy atom. The first kappa shape index (κ1) is 18.6. The van der Waals surface area contributed by atoms with Crippen LogP contribution < -0.4 is 10.6 Å². The normalized spacial score (nSPS) is 10.5. The third-order valence-corrected chi connectivity index (χ3v) is 3.81. The molecule has 0 saturated heterocycles. The van der Waals surface area contributed by atoms with E-state index >= 15 is 0 Å². The highest BCUT2D eigenvalue weighted by Crippen LogP contribution is 2.22. The molecule has 0 fully saturated rings. The number of amides is 2. The summed E-state index contributed by atoms with van der Waals surface area (Å²) >= 11 is 0. The molecule has 1 heterocycles. The quantitative estimate of drug-likeness (QED) is 0.722. The van der Waals surface area contributed by atoms with Crippen LogP contribution in [-0.2, 0) is 16.6 Å². The fraction of sp³-hybridized carbons (Fsp3) is 0.389. The minimum atomic E-state index is -0.309. The number of hydrogen-bond acceptors (Lipinski definition) is 3. The Morgan fingerprint density at radius 1 is 1.16 bits per heavy atom. The van der Waals surface area contributed by atoms with Crippen LogP contribution in [0.15, 0.2) is 30.5 Å². The van der Waals surface area contributed by atoms with Gasteiger partial charge in [-0.05, 0) is 30.7 Å². The van der Waals surface area contributed by atoms with Gasteiger partial charge in [0.1, 0.15) is 5.82 Å². The number of anilines is 1. The molecule has 0 saturated carbocycles. The number of unbranched alkanes of at least 4 members (excludes halogenated alkanes) is 1. The van der Waals surface area contributed by atoms with Crippen LogP contribution in [0.5, 0.6) is 0 Å². The lowest BCUT2D eigenvalue weighted by molar-refractivity contribution is -0.124. The van der Waals surface area contributed by atoms with Crippen molar-refractivity contribution < 1.29 is 14.0 Å². The molecule has 0 aliphatic carbocycles. The number of carbonyl (C=O) groups is 2. The molecule has 0 aliphatic heterocycles. The van der Waals surface area contributed by atoms with Crippen molar-refractivity contribution in [1.82, 2.24) is 14.9 Å². The van der Waals surface area contributed by atoms with Crippen LogP contribution in [0, 0.1) is 5.82 Å². The smallest absolute Gasteiger partial charge is 0.227 e. The van der Waals surface area contributed by atoms with E-state index in [4.69, 9.17) is 0 Å². The topological polar surface area (TPSA) is 76.0 Å². The van der Waals surface area contributed by atoms with Gasteiger partial charge in [0, 0.05) is 32.0 Å².